The number of ether oxygens (including phenoxy) is 2. The fraction of sp³-hybridized carbons (Fsp3) is 0.292. The molecule has 3 aromatic rings. The lowest BCUT2D eigenvalue weighted by atomic mass is 9.86. The van der Waals surface area contributed by atoms with Crippen LogP contribution in [-0.4, -0.2) is 29.6 Å². The average Bonchev–Trinajstić information content (AvgIpc) is 2.77. The fourth-order valence-electron chi connectivity index (χ4n) is 3.84. The summed E-state index contributed by atoms with van der Waals surface area (Å²) in [6.07, 6.45) is 0.158. The number of nitrogens with zero attached hydrogens (tertiary/aromatic N) is 1. The molecule has 2 aromatic carbocycles. The van der Waals surface area contributed by atoms with E-state index in [-0.39, 0.29) is 17.9 Å². The second-order valence-electron chi connectivity index (χ2n) is 7.56. The van der Waals surface area contributed by atoms with Crippen LogP contribution in [0, 0.1) is 6.92 Å². The van der Waals surface area contributed by atoms with E-state index in [9.17, 15) is 9.59 Å². The van der Waals surface area contributed by atoms with Gasteiger partial charge in [-0.05, 0) is 37.1 Å². The Bertz CT molecular complexity index is 1210. The maximum Gasteiger partial charge on any atom is 0.257 e. The molecule has 1 aliphatic heterocycles. The highest BCUT2D eigenvalue weighted by Gasteiger charge is 2.31. The Balaban J connectivity index is 1.66. The van der Waals surface area contributed by atoms with Gasteiger partial charge in [0.05, 0.1) is 19.3 Å². The molecule has 0 bridgehead atoms. The monoisotopic (exact) mass is 451 g/mol. The molecule has 0 fully saturated rings. The van der Waals surface area contributed by atoms with Crippen LogP contribution in [0.5, 0.6) is 11.5 Å². The van der Waals surface area contributed by atoms with Gasteiger partial charge in [-0.15, -0.1) is 0 Å². The zero-order chi connectivity index (χ0) is 22.7. The van der Waals surface area contributed by atoms with E-state index in [1.165, 1.54) is 17.3 Å². The smallest absolute Gasteiger partial charge is 0.257 e. The van der Waals surface area contributed by atoms with E-state index in [4.69, 9.17) is 9.47 Å². The first-order chi connectivity index (χ1) is 15.5. The Morgan fingerprint density at radius 1 is 1.16 bits per heavy atom. The largest absolute Gasteiger partial charge is 0.493 e. The van der Waals surface area contributed by atoms with Gasteiger partial charge in [-0.25, -0.2) is 4.98 Å². The van der Waals surface area contributed by atoms with Gasteiger partial charge < -0.3 is 19.8 Å². The van der Waals surface area contributed by atoms with Crippen molar-refractivity contribution in [3.8, 4) is 11.5 Å². The third-order valence-corrected chi connectivity index (χ3v) is 6.22. The van der Waals surface area contributed by atoms with Crippen molar-refractivity contribution in [3.05, 3.63) is 75.1 Å². The Kier molecular flexibility index (Phi) is 6.50. The maximum atomic E-state index is 13.1. The zero-order valence-corrected chi connectivity index (χ0v) is 19.0. The molecule has 166 valence electrons. The molecule has 32 heavy (non-hydrogen) atoms. The Morgan fingerprint density at radius 2 is 2.00 bits per heavy atom. The molecular formula is C24H25N3O4S. The Morgan fingerprint density at radius 3 is 2.75 bits per heavy atom. The van der Waals surface area contributed by atoms with Crippen LogP contribution in [0.4, 0.5) is 5.82 Å². The average molecular weight is 452 g/mol. The molecular weight excluding hydrogens is 426 g/mol. The highest BCUT2D eigenvalue weighted by Crippen LogP contribution is 2.38. The van der Waals surface area contributed by atoms with Crippen LogP contribution in [0.2, 0.25) is 0 Å². The summed E-state index contributed by atoms with van der Waals surface area (Å²) in [6, 6.07) is 13.7. The minimum Gasteiger partial charge on any atom is -0.493 e. The van der Waals surface area contributed by atoms with E-state index in [1.54, 1.807) is 13.2 Å². The number of anilines is 1. The molecule has 2 heterocycles. The second-order valence-corrected chi connectivity index (χ2v) is 8.52. The topological polar surface area (TPSA) is 93.3 Å². The quantitative estimate of drug-likeness (QED) is 0.412. The first kappa shape index (κ1) is 22.0. The molecule has 1 amide bonds. The van der Waals surface area contributed by atoms with Crippen molar-refractivity contribution in [2.45, 2.75) is 37.1 Å². The molecule has 0 unspecified atom stereocenters. The normalized spacial score (nSPS) is 15.1. The Hall–Kier alpha value is -3.26. The summed E-state index contributed by atoms with van der Waals surface area (Å²) >= 11 is 1.43. The van der Waals surface area contributed by atoms with Crippen molar-refractivity contribution < 1.29 is 14.3 Å². The molecule has 1 atom stereocenters. The van der Waals surface area contributed by atoms with E-state index >= 15 is 0 Å². The summed E-state index contributed by atoms with van der Waals surface area (Å²) in [5.41, 5.74) is 3.32. The lowest BCUT2D eigenvalue weighted by Gasteiger charge is -2.25. The standard InChI is InChI=1S/C24H25N3O4S/c1-4-31-19-11-16(8-9-18(19)30-3)17-12-20(28)25-22-21(17)23(29)27-24(26-22)32-13-15-7-5-6-14(2)10-15/h5-11,17H,4,12-13H2,1-3H3,(H2,25,26,27,28,29)/t17-/m1/s1. The van der Waals surface area contributed by atoms with Gasteiger partial charge in [0.15, 0.2) is 16.7 Å². The second kappa shape index (κ2) is 9.48. The molecule has 8 heteroatoms. The van der Waals surface area contributed by atoms with Gasteiger partial charge in [0, 0.05) is 18.1 Å². The number of hydrogen-bond donors (Lipinski definition) is 2. The summed E-state index contributed by atoms with van der Waals surface area (Å²) in [6.45, 7) is 4.41. The van der Waals surface area contributed by atoms with Crippen molar-refractivity contribution in [3.63, 3.8) is 0 Å². The number of fused-ring (bicyclic) bond motifs is 1. The molecule has 4 rings (SSSR count). The van der Waals surface area contributed by atoms with Crippen molar-refractivity contribution >= 4 is 23.5 Å². The van der Waals surface area contributed by atoms with Crippen molar-refractivity contribution in [1.82, 2.24) is 9.97 Å². The molecule has 2 N–H and O–H groups in total. The fourth-order valence-corrected chi connectivity index (χ4v) is 4.64. The lowest BCUT2D eigenvalue weighted by molar-refractivity contribution is -0.116. The van der Waals surface area contributed by atoms with Crippen LogP contribution in [0.3, 0.4) is 0 Å². The SMILES string of the molecule is CCOc1cc([C@H]2CC(=O)Nc3nc(SCc4cccc(C)c4)[nH]c(=O)c32)ccc1OC. The van der Waals surface area contributed by atoms with E-state index in [1.807, 2.05) is 44.2 Å². The number of aromatic amines is 1. The number of thioether (sulfide) groups is 1. The molecule has 0 saturated carbocycles. The molecule has 1 aliphatic rings. The highest BCUT2D eigenvalue weighted by atomic mass is 32.2. The number of benzene rings is 2. The predicted molar refractivity (Wildman–Crippen MR) is 125 cm³/mol. The zero-order valence-electron chi connectivity index (χ0n) is 18.2. The van der Waals surface area contributed by atoms with Crippen LogP contribution in [0.25, 0.3) is 0 Å². The minimum absolute atomic E-state index is 0.158. The van der Waals surface area contributed by atoms with Gasteiger partial charge in [-0.2, -0.15) is 0 Å². The van der Waals surface area contributed by atoms with E-state index < -0.39 is 5.92 Å². The molecule has 7 nitrogen and oxygen atoms in total. The minimum atomic E-state index is -0.420. The Labute approximate surface area is 190 Å². The number of amides is 1. The van der Waals surface area contributed by atoms with Gasteiger partial charge in [0.25, 0.3) is 5.56 Å². The first-order valence-electron chi connectivity index (χ1n) is 10.4. The van der Waals surface area contributed by atoms with Crippen molar-refractivity contribution in [2.75, 3.05) is 19.0 Å². The van der Waals surface area contributed by atoms with Crippen LogP contribution in [0.1, 0.15) is 41.5 Å². The van der Waals surface area contributed by atoms with E-state index in [0.717, 1.165) is 11.1 Å². The van der Waals surface area contributed by atoms with Gasteiger partial charge in [0.1, 0.15) is 5.82 Å². The summed E-state index contributed by atoms with van der Waals surface area (Å²) in [4.78, 5) is 33.0. The molecule has 0 saturated heterocycles. The van der Waals surface area contributed by atoms with Gasteiger partial charge in [-0.1, -0.05) is 47.7 Å². The van der Waals surface area contributed by atoms with Crippen LogP contribution in [-0.2, 0) is 10.5 Å². The summed E-state index contributed by atoms with van der Waals surface area (Å²) < 4.78 is 11.0. The van der Waals surface area contributed by atoms with Crippen LogP contribution in [0.15, 0.2) is 52.4 Å². The number of hydrogen-bond acceptors (Lipinski definition) is 6. The number of nitrogens with one attached hydrogen (secondary N) is 2. The summed E-state index contributed by atoms with van der Waals surface area (Å²) in [5.74, 6) is 1.56. The third kappa shape index (κ3) is 4.65. The van der Waals surface area contributed by atoms with Gasteiger partial charge in [0.2, 0.25) is 5.91 Å². The van der Waals surface area contributed by atoms with Crippen molar-refractivity contribution in [2.24, 2.45) is 0 Å². The van der Waals surface area contributed by atoms with Gasteiger partial charge >= 0.3 is 0 Å². The first-order valence-corrected chi connectivity index (χ1v) is 11.4. The number of aromatic nitrogens is 2. The number of methoxy groups -OCH3 is 1. The number of H-pyrrole nitrogens is 1. The summed E-state index contributed by atoms with van der Waals surface area (Å²) in [7, 11) is 1.57. The lowest BCUT2D eigenvalue weighted by Crippen LogP contribution is -2.31. The van der Waals surface area contributed by atoms with E-state index in [0.29, 0.717) is 40.4 Å². The van der Waals surface area contributed by atoms with Crippen LogP contribution < -0.4 is 20.3 Å². The predicted octanol–water partition coefficient (Wildman–Crippen LogP) is 4.25. The number of aryl methyl sites for hydroxylation is 1. The molecule has 0 radical (unpaired) electrons. The molecule has 1 aromatic heterocycles. The molecule has 0 aliphatic carbocycles. The van der Waals surface area contributed by atoms with E-state index in [2.05, 4.69) is 21.4 Å². The number of rotatable bonds is 7. The highest BCUT2D eigenvalue weighted by molar-refractivity contribution is 7.98. The number of carbonyl (C=O) groups is 1. The maximum absolute atomic E-state index is 13.1. The summed E-state index contributed by atoms with van der Waals surface area (Å²) in [5, 5.41) is 3.24. The molecule has 0 spiro atoms. The van der Waals surface area contributed by atoms with Gasteiger partial charge in [-0.3, -0.25) is 9.59 Å². The van der Waals surface area contributed by atoms with Crippen molar-refractivity contribution in [1.29, 1.82) is 0 Å². The third-order valence-electron chi connectivity index (χ3n) is 5.28. The number of carbonyl (C=O) groups excluding carboxylic acids is 1. The van der Waals surface area contributed by atoms with Crippen LogP contribution >= 0.6 is 11.8 Å².